The zero-order valence-electron chi connectivity index (χ0n) is 21.5. The van der Waals surface area contributed by atoms with Crippen molar-refractivity contribution in [3.63, 3.8) is 0 Å². The van der Waals surface area contributed by atoms with E-state index >= 15 is 0 Å². The summed E-state index contributed by atoms with van der Waals surface area (Å²) < 4.78 is 11.4. The number of carbonyl (C=O) groups excluding carboxylic acids is 3. The van der Waals surface area contributed by atoms with Crippen LogP contribution in [0.3, 0.4) is 0 Å². The first-order valence-electron chi connectivity index (χ1n) is 14.1. The fourth-order valence-corrected chi connectivity index (χ4v) is 7.78. The standard InChI is InChI=1S/C27H43N3O5/c1-18-17-29(27(33)35-23-11-14-34-15-12-23)25-16-21(7-10-24(25)30(18)19(2)31)20-5-8-22(9-6-20)28-13-3-4-26(28)32/h18,20-25H,3-17H2,1-2H3/t18-,20?,21?,22?,24?,25?/m0/s1. The Kier molecular flexibility index (Phi) is 7.56. The smallest absolute Gasteiger partial charge is 0.410 e. The van der Waals surface area contributed by atoms with Gasteiger partial charge in [-0.05, 0) is 70.1 Å². The Balaban J connectivity index is 1.25. The monoisotopic (exact) mass is 489 g/mol. The van der Waals surface area contributed by atoms with Gasteiger partial charge >= 0.3 is 6.09 Å². The first-order valence-corrected chi connectivity index (χ1v) is 14.1. The zero-order chi connectivity index (χ0) is 24.5. The van der Waals surface area contributed by atoms with Crippen LogP contribution >= 0.6 is 0 Å². The minimum atomic E-state index is -0.209. The van der Waals surface area contributed by atoms with E-state index in [0.717, 1.165) is 77.2 Å². The van der Waals surface area contributed by atoms with Gasteiger partial charge in [0.25, 0.3) is 0 Å². The molecule has 8 nitrogen and oxygen atoms in total. The van der Waals surface area contributed by atoms with Gasteiger partial charge in [-0.3, -0.25) is 9.59 Å². The van der Waals surface area contributed by atoms with Crippen molar-refractivity contribution in [3.05, 3.63) is 0 Å². The van der Waals surface area contributed by atoms with Crippen molar-refractivity contribution in [3.8, 4) is 0 Å². The number of ether oxygens (including phenoxy) is 2. The van der Waals surface area contributed by atoms with Gasteiger partial charge in [0, 0.05) is 51.4 Å². The number of piperazine rings is 1. The van der Waals surface area contributed by atoms with Crippen LogP contribution in [0.25, 0.3) is 0 Å². The first-order chi connectivity index (χ1) is 16.9. The number of fused-ring (bicyclic) bond motifs is 1. The van der Waals surface area contributed by atoms with Gasteiger partial charge in [-0.25, -0.2) is 4.79 Å². The van der Waals surface area contributed by atoms with Crippen LogP contribution in [0.1, 0.15) is 84.5 Å². The van der Waals surface area contributed by atoms with E-state index in [4.69, 9.17) is 9.47 Å². The van der Waals surface area contributed by atoms with Crippen LogP contribution in [0, 0.1) is 11.8 Å². The molecule has 0 radical (unpaired) electrons. The highest BCUT2D eigenvalue weighted by molar-refractivity contribution is 5.78. The summed E-state index contributed by atoms with van der Waals surface area (Å²) in [4.78, 5) is 44.3. The summed E-state index contributed by atoms with van der Waals surface area (Å²) in [7, 11) is 0. The van der Waals surface area contributed by atoms with Crippen molar-refractivity contribution in [2.45, 2.75) is 115 Å². The number of hydrogen-bond donors (Lipinski definition) is 0. The maximum Gasteiger partial charge on any atom is 0.410 e. The number of hydrogen-bond acceptors (Lipinski definition) is 5. The highest BCUT2D eigenvalue weighted by Crippen LogP contribution is 2.44. The second kappa shape index (κ2) is 10.7. The molecule has 0 aromatic heterocycles. The molecular formula is C27H43N3O5. The van der Waals surface area contributed by atoms with Gasteiger partial charge < -0.3 is 24.2 Å². The predicted octanol–water partition coefficient (Wildman–Crippen LogP) is 3.57. The maximum absolute atomic E-state index is 13.4. The van der Waals surface area contributed by atoms with Crippen molar-refractivity contribution < 1.29 is 23.9 Å². The van der Waals surface area contributed by atoms with Crippen LogP contribution in [0.2, 0.25) is 0 Å². The van der Waals surface area contributed by atoms with Crippen molar-refractivity contribution in [2.24, 2.45) is 11.8 Å². The Labute approximate surface area is 209 Å². The van der Waals surface area contributed by atoms with Gasteiger partial charge in [0.05, 0.1) is 25.3 Å². The molecule has 3 unspecified atom stereocenters. The largest absolute Gasteiger partial charge is 0.446 e. The quantitative estimate of drug-likeness (QED) is 0.606. The minimum Gasteiger partial charge on any atom is -0.446 e. The maximum atomic E-state index is 13.4. The first kappa shape index (κ1) is 24.8. The SMILES string of the molecule is CC(=O)N1C2CCC(C3CCC(N4CCCC4=O)CC3)CC2N(C(=O)OC2CCOCC2)C[C@@H]1C. The molecule has 2 aliphatic carbocycles. The predicted molar refractivity (Wildman–Crippen MR) is 131 cm³/mol. The summed E-state index contributed by atoms with van der Waals surface area (Å²) in [6, 6.07) is 0.528. The third-order valence-electron chi connectivity index (χ3n) is 9.51. The van der Waals surface area contributed by atoms with E-state index in [1.807, 2.05) is 9.80 Å². The molecule has 5 fully saturated rings. The van der Waals surface area contributed by atoms with Gasteiger partial charge in [-0.2, -0.15) is 0 Å². The zero-order valence-corrected chi connectivity index (χ0v) is 21.5. The Morgan fingerprint density at radius 3 is 2.31 bits per heavy atom. The third kappa shape index (κ3) is 5.18. The molecule has 0 aromatic carbocycles. The Bertz CT molecular complexity index is 792. The van der Waals surface area contributed by atoms with E-state index in [9.17, 15) is 14.4 Å². The van der Waals surface area contributed by atoms with Crippen molar-refractivity contribution >= 4 is 17.9 Å². The summed E-state index contributed by atoms with van der Waals surface area (Å²) in [6.07, 6.45) is 10.5. The normalized spacial score (nSPS) is 36.7. The van der Waals surface area contributed by atoms with E-state index < -0.39 is 0 Å². The van der Waals surface area contributed by atoms with Crippen LogP contribution in [0.15, 0.2) is 0 Å². The average molecular weight is 490 g/mol. The molecule has 3 heterocycles. The topological polar surface area (TPSA) is 79.4 Å². The summed E-state index contributed by atoms with van der Waals surface area (Å²) in [5.74, 6) is 1.66. The van der Waals surface area contributed by atoms with E-state index in [-0.39, 0.29) is 36.2 Å². The van der Waals surface area contributed by atoms with Crippen LogP contribution in [-0.2, 0) is 19.1 Å². The molecule has 8 heteroatoms. The van der Waals surface area contributed by atoms with Crippen LogP contribution in [0.5, 0.6) is 0 Å². The van der Waals surface area contributed by atoms with Gasteiger partial charge in [-0.1, -0.05) is 0 Å². The number of rotatable bonds is 3. The average Bonchev–Trinajstić information content (AvgIpc) is 3.29. The van der Waals surface area contributed by atoms with Gasteiger partial charge in [0.1, 0.15) is 6.10 Å². The number of nitrogens with zero attached hydrogens (tertiary/aromatic N) is 3. The van der Waals surface area contributed by atoms with Gasteiger partial charge in [0.15, 0.2) is 0 Å². The van der Waals surface area contributed by atoms with E-state index in [0.29, 0.717) is 43.5 Å². The lowest BCUT2D eigenvalue weighted by atomic mass is 9.68. The van der Waals surface area contributed by atoms with Crippen molar-refractivity contribution in [1.82, 2.24) is 14.7 Å². The summed E-state index contributed by atoms with van der Waals surface area (Å²) in [5, 5.41) is 0. The number of likely N-dealkylation sites (tertiary alicyclic amines) is 1. The molecule has 3 saturated heterocycles. The fourth-order valence-electron chi connectivity index (χ4n) is 7.78. The summed E-state index contributed by atoms with van der Waals surface area (Å²) in [5.41, 5.74) is 0. The molecule has 3 amide bonds. The third-order valence-corrected chi connectivity index (χ3v) is 9.51. The lowest BCUT2D eigenvalue weighted by molar-refractivity contribution is -0.143. The van der Waals surface area contributed by atoms with Crippen molar-refractivity contribution in [1.29, 1.82) is 0 Å². The highest BCUT2D eigenvalue weighted by atomic mass is 16.6. The van der Waals surface area contributed by atoms with Crippen molar-refractivity contribution in [2.75, 3.05) is 26.3 Å². The Morgan fingerprint density at radius 1 is 0.943 bits per heavy atom. The minimum absolute atomic E-state index is 0.000904. The van der Waals surface area contributed by atoms with Gasteiger partial charge in [-0.15, -0.1) is 0 Å². The molecule has 3 aliphatic heterocycles. The summed E-state index contributed by atoms with van der Waals surface area (Å²) in [6.45, 7) is 6.48. The van der Waals surface area contributed by atoms with Crippen LogP contribution in [0.4, 0.5) is 4.79 Å². The Morgan fingerprint density at radius 2 is 1.66 bits per heavy atom. The molecule has 2 saturated carbocycles. The number of carbonyl (C=O) groups is 3. The summed E-state index contributed by atoms with van der Waals surface area (Å²) >= 11 is 0. The Hall–Kier alpha value is -1.83. The highest BCUT2D eigenvalue weighted by Gasteiger charge is 2.48. The lowest BCUT2D eigenvalue weighted by Crippen LogP contribution is -2.67. The number of amides is 3. The molecule has 0 spiro atoms. The lowest BCUT2D eigenvalue weighted by Gasteiger charge is -2.54. The molecular weight excluding hydrogens is 446 g/mol. The fraction of sp³-hybridized carbons (Fsp3) is 0.889. The second-order valence-corrected chi connectivity index (χ2v) is 11.6. The van der Waals surface area contributed by atoms with E-state index in [1.54, 1.807) is 6.92 Å². The molecule has 5 aliphatic rings. The van der Waals surface area contributed by atoms with Crippen LogP contribution in [-0.4, -0.2) is 89.2 Å². The molecule has 0 N–H and O–H groups in total. The molecule has 0 aromatic rings. The molecule has 35 heavy (non-hydrogen) atoms. The van der Waals surface area contributed by atoms with Gasteiger partial charge in [0.2, 0.25) is 11.8 Å². The second-order valence-electron chi connectivity index (χ2n) is 11.6. The van der Waals surface area contributed by atoms with E-state index in [1.165, 1.54) is 0 Å². The molecule has 5 rings (SSSR count). The molecule has 4 atom stereocenters. The van der Waals surface area contributed by atoms with Crippen LogP contribution < -0.4 is 0 Å². The molecule has 0 bridgehead atoms. The van der Waals surface area contributed by atoms with E-state index in [2.05, 4.69) is 11.8 Å². The molecule has 196 valence electrons.